The molecule has 0 saturated heterocycles. The first-order valence-electron chi connectivity index (χ1n) is 4.86. The van der Waals surface area contributed by atoms with Crippen LogP contribution in [0.5, 0.6) is 0 Å². The van der Waals surface area contributed by atoms with E-state index in [4.69, 9.17) is 0 Å². The summed E-state index contributed by atoms with van der Waals surface area (Å²) >= 11 is 3.35. The second-order valence-corrected chi connectivity index (χ2v) is 4.19. The number of aryl methyl sites for hydroxylation is 1. The number of rotatable bonds is 3. The van der Waals surface area contributed by atoms with E-state index in [9.17, 15) is 4.79 Å². The van der Waals surface area contributed by atoms with Gasteiger partial charge in [0.15, 0.2) is 0 Å². The quantitative estimate of drug-likeness (QED) is 0.907. The first kappa shape index (κ1) is 10.9. The highest BCUT2D eigenvalue weighted by Crippen LogP contribution is 2.16. The van der Waals surface area contributed by atoms with Crippen molar-refractivity contribution in [3.8, 4) is 0 Å². The zero-order valence-corrected chi connectivity index (χ0v) is 10.3. The molecule has 0 aliphatic heterocycles. The van der Waals surface area contributed by atoms with Gasteiger partial charge in [0, 0.05) is 23.4 Å². The highest BCUT2D eigenvalue weighted by atomic mass is 79.9. The molecule has 2 rings (SSSR count). The molecule has 0 saturated carbocycles. The fraction of sp³-hybridized carbons (Fsp3) is 0.200. The molecule has 2 heterocycles. The Morgan fingerprint density at radius 2 is 2.50 bits per heavy atom. The van der Waals surface area contributed by atoms with Crippen LogP contribution in [0.3, 0.4) is 0 Å². The number of H-pyrrole nitrogens is 1. The molecule has 6 heteroatoms. The Kier molecular flexibility index (Phi) is 3.09. The van der Waals surface area contributed by atoms with E-state index in [1.165, 1.54) is 0 Å². The standard InChI is InChI=1S/C10H11BrN4O/c1-2-15-6-7(11)3-9(15)10(16)14-8-4-12-13-5-8/h3-6H,2H2,1H3,(H,12,13)(H,14,16). The highest BCUT2D eigenvalue weighted by molar-refractivity contribution is 9.10. The minimum absolute atomic E-state index is 0.144. The Balaban J connectivity index is 2.20. The van der Waals surface area contributed by atoms with Crippen LogP contribution in [0, 0.1) is 0 Å². The third kappa shape index (κ3) is 2.16. The van der Waals surface area contributed by atoms with Crippen LogP contribution in [-0.2, 0) is 6.54 Å². The molecule has 0 spiro atoms. The first-order valence-corrected chi connectivity index (χ1v) is 5.66. The zero-order chi connectivity index (χ0) is 11.5. The van der Waals surface area contributed by atoms with Gasteiger partial charge >= 0.3 is 0 Å². The number of carbonyl (C=O) groups excluding carboxylic acids is 1. The molecule has 0 atom stereocenters. The summed E-state index contributed by atoms with van der Waals surface area (Å²) in [6, 6.07) is 1.79. The van der Waals surface area contributed by atoms with E-state index in [2.05, 4.69) is 31.4 Å². The molecule has 0 unspecified atom stereocenters. The van der Waals surface area contributed by atoms with Crippen molar-refractivity contribution in [2.24, 2.45) is 0 Å². The fourth-order valence-electron chi connectivity index (χ4n) is 1.44. The van der Waals surface area contributed by atoms with Gasteiger partial charge in [0.05, 0.1) is 11.9 Å². The maximum atomic E-state index is 11.9. The maximum Gasteiger partial charge on any atom is 0.272 e. The number of nitrogens with one attached hydrogen (secondary N) is 2. The molecular weight excluding hydrogens is 272 g/mol. The minimum Gasteiger partial charge on any atom is -0.343 e. The number of nitrogens with zero attached hydrogens (tertiary/aromatic N) is 2. The molecule has 0 fully saturated rings. The van der Waals surface area contributed by atoms with Crippen LogP contribution in [0.2, 0.25) is 0 Å². The molecule has 0 aromatic carbocycles. The van der Waals surface area contributed by atoms with Gasteiger partial charge in [0.25, 0.3) is 5.91 Å². The molecule has 84 valence electrons. The summed E-state index contributed by atoms with van der Waals surface area (Å²) in [5.41, 5.74) is 1.28. The SMILES string of the molecule is CCn1cc(Br)cc1C(=O)Nc1cn[nH]c1. The lowest BCUT2D eigenvalue weighted by Crippen LogP contribution is -2.15. The largest absolute Gasteiger partial charge is 0.343 e. The lowest BCUT2D eigenvalue weighted by atomic mass is 10.4. The van der Waals surface area contributed by atoms with Crippen molar-refractivity contribution in [1.82, 2.24) is 14.8 Å². The third-order valence-electron chi connectivity index (χ3n) is 2.19. The van der Waals surface area contributed by atoms with Crippen LogP contribution in [0.1, 0.15) is 17.4 Å². The Labute approximate surface area is 101 Å². The fourth-order valence-corrected chi connectivity index (χ4v) is 1.91. The van der Waals surface area contributed by atoms with E-state index in [-0.39, 0.29) is 5.91 Å². The van der Waals surface area contributed by atoms with Crippen molar-refractivity contribution >= 4 is 27.5 Å². The van der Waals surface area contributed by atoms with E-state index >= 15 is 0 Å². The summed E-state index contributed by atoms with van der Waals surface area (Å²) in [6.45, 7) is 2.74. The van der Waals surface area contributed by atoms with Gasteiger partial charge in [0.2, 0.25) is 0 Å². The number of anilines is 1. The number of aromatic amines is 1. The Morgan fingerprint density at radius 3 is 3.12 bits per heavy atom. The average molecular weight is 283 g/mol. The van der Waals surface area contributed by atoms with Crippen molar-refractivity contribution in [2.75, 3.05) is 5.32 Å². The predicted molar refractivity (Wildman–Crippen MR) is 64.3 cm³/mol. The molecule has 0 radical (unpaired) electrons. The van der Waals surface area contributed by atoms with Crippen LogP contribution in [0.25, 0.3) is 0 Å². The molecule has 1 amide bonds. The second kappa shape index (κ2) is 4.52. The van der Waals surface area contributed by atoms with Gasteiger partial charge in [-0.3, -0.25) is 9.89 Å². The summed E-state index contributed by atoms with van der Waals surface area (Å²) in [4.78, 5) is 11.9. The van der Waals surface area contributed by atoms with Gasteiger partial charge in [-0.05, 0) is 28.9 Å². The van der Waals surface area contributed by atoms with Crippen molar-refractivity contribution in [3.05, 3.63) is 34.8 Å². The zero-order valence-electron chi connectivity index (χ0n) is 8.70. The lowest BCUT2D eigenvalue weighted by molar-refractivity contribution is 0.101. The Bertz CT molecular complexity index is 489. The summed E-state index contributed by atoms with van der Waals surface area (Å²) in [5, 5.41) is 9.15. The van der Waals surface area contributed by atoms with Crippen molar-refractivity contribution in [2.45, 2.75) is 13.5 Å². The number of hydrogen-bond acceptors (Lipinski definition) is 2. The molecule has 2 aromatic heterocycles. The first-order chi connectivity index (χ1) is 7.70. The van der Waals surface area contributed by atoms with E-state index < -0.39 is 0 Å². The average Bonchev–Trinajstić information content (AvgIpc) is 2.86. The molecule has 16 heavy (non-hydrogen) atoms. The maximum absolute atomic E-state index is 11.9. The summed E-state index contributed by atoms with van der Waals surface area (Å²) in [7, 11) is 0. The number of aromatic nitrogens is 3. The van der Waals surface area contributed by atoms with Gasteiger partial charge in [-0.15, -0.1) is 0 Å². The van der Waals surface area contributed by atoms with E-state index in [0.29, 0.717) is 11.4 Å². The van der Waals surface area contributed by atoms with E-state index in [1.807, 2.05) is 17.7 Å². The Hall–Kier alpha value is -1.56. The molecule has 2 aromatic rings. The van der Waals surface area contributed by atoms with Crippen LogP contribution in [-0.4, -0.2) is 20.7 Å². The summed E-state index contributed by atoms with van der Waals surface area (Å²) < 4.78 is 2.77. The predicted octanol–water partition coefficient (Wildman–Crippen LogP) is 2.25. The Morgan fingerprint density at radius 1 is 1.69 bits per heavy atom. The molecule has 2 N–H and O–H groups in total. The minimum atomic E-state index is -0.144. The number of carbonyl (C=O) groups is 1. The van der Waals surface area contributed by atoms with Gasteiger partial charge in [-0.2, -0.15) is 5.10 Å². The normalized spacial score (nSPS) is 10.4. The van der Waals surface area contributed by atoms with Gasteiger partial charge in [-0.25, -0.2) is 0 Å². The highest BCUT2D eigenvalue weighted by Gasteiger charge is 2.12. The van der Waals surface area contributed by atoms with Crippen molar-refractivity contribution in [1.29, 1.82) is 0 Å². The monoisotopic (exact) mass is 282 g/mol. The van der Waals surface area contributed by atoms with Crippen LogP contribution in [0.4, 0.5) is 5.69 Å². The second-order valence-electron chi connectivity index (χ2n) is 3.27. The summed E-state index contributed by atoms with van der Waals surface area (Å²) in [5.74, 6) is -0.144. The molecule has 0 aliphatic carbocycles. The molecule has 5 nitrogen and oxygen atoms in total. The van der Waals surface area contributed by atoms with Crippen LogP contribution in [0.15, 0.2) is 29.1 Å². The number of halogens is 1. The summed E-state index contributed by atoms with van der Waals surface area (Å²) in [6.07, 6.45) is 5.07. The number of amides is 1. The molecular formula is C10H11BrN4O. The molecule has 0 bridgehead atoms. The smallest absolute Gasteiger partial charge is 0.272 e. The van der Waals surface area contributed by atoms with Crippen molar-refractivity contribution in [3.63, 3.8) is 0 Å². The van der Waals surface area contributed by atoms with E-state index in [0.717, 1.165) is 11.0 Å². The van der Waals surface area contributed by atoms with Gasteiger partial charge in [-0.1, -0.05) is 0 Å². The van der Waals surface area contributed by atoms with Crippen molar-refractivity contribution < 1.29 is 4.79 Å². The van der Waals surface area contributed by atoms with Gasteiger partial charge in [0.1, 0.15) is 5.69 Å². The van der Waals surface area contributed by atoms with Gasteiger partial charge < -0.3 is 9.88 Å². The molecule has 0 aliphatic rings. The van der Waals surface area contributed by atoms with Crippen LogP contribution < -0.4 is 5.32 Å². The lowest BCUT2D eigenvalue weighted by Gasteiger charge is -2.05. The van der Waals surface area contributed by atoms with Crippen LogP contribution >= 0.6 is 15.9 Å². The topological polar surface area (TPSA) is 62.7 Å². The third-order valence-corrected chi connectivity index (χ3v) is 2.63. The number of hydrogen-bond donors (Lipinski definition) is 2. The van der Waals surface area contributed by atoms with E-state index in [1.54, 1.807) is 18.5 Å².